The minimum Gasteiger partial charge on any atom is -0.396 e. The van der Waals surface area contributed by atoms with Crippen molar-refractivity contribution in [3.8, 4) is 0 Å². The predicted molar refractivity (Wildman–Crippen MR) is 43.6 cm³/mol. The molecule has 2 N–H and O–H groups in total. The summed E-state index contributed by atoms with van der Waals surface area (Å²) in [5, 5.41) is 18.2. The number of aliphatic hydroxyl groups excluding tert-OH is 2. The largest absolute Gasteiger partial charge is 0.396 e. The summed E-state index contributed by atoms with van der Waals surface area (Å²) in [6, 6.07) is 0. The zero-order chi connectivity index (χ0) is 8.55. The third-order valence-electron chi connectivity index (χ3n) is 2.90. The first-order chi connectivity index (χ1) is 5.86. The molecule has 2 rings (SSSR count). The summed E-state index contributed by atoms with van der Waals surface area (Å²) in [6.07, 6.45) is 5.11. The second-order valence-corrected chi connectivity index (χ2v) is 3.50. The van der Waals surface area contributed by atoms with Gasteiger partial charge in [0, 0.05) is 25.0 Å². The van der Waals surface area contributed by atoms with Gasteiger partial charge < -0.3 is 14.9 Å². The van der Waals surface area contributed by atoms with Crippen LogP contribution in [0.4, 0.5) is 0 Å². The van der Waals surface area contributed by atoms with E-state index in [4.69, 9.17) is 14.9 Å². The molecule has 0 amide bonds. The van der Waals surface area contributed by atoms with Crippen molar-refractivity contribution in [2.24, 2.45) is 11.8 Å². The monoisotopic (exact) mass is 170 g/mol. The highest BCUT2D eigenvalue weighted by molar-refractivity contribution is 5.07. The van der Waals surface area contributed by atoms with Gasteiger partial charge in [0.2, 0.25) is 0 Å². The van der Waals surface area contributed by atoms with Crippen molar-refractivity contribution in [3.63, 3.8) is 0 Å². The molecule has 2 heterocycles. The third kappa shape index (κ3) is 1.09. The Balaban J connectivity index is 2.16. The van der Waals surface area contributed by atoms with E-state index in [0.29, 0.717) is 0 Å². The van der Waals surface area contributed by atoms with Crippen molar-refractivity contribution in [2.45, 2.75) is 18.6 Å². The van der Waals surface area contributed by atoms with Crippen LogP contribution in [0.3, 0.4) is 0 Å². The maximum absolute atomic E-state index is 9.10. The number of hydrogen-bond donors (Lipinski definition) is 2. The third-order valence-corrected chi connectivity index (χ3v) is 2.90. The summed E-state index contributed by atoms with van der Waals surface area (Å²) in [7, 11) is 0. The standard InChI is InChI=1S/C9H14O3/c10-4-6-7(5-11)9-3-1-2-8(6)12-9/h1-2,6-11H,3-5H2. The first kappa shape index (κ1) is 8.23. The lowest BCUT2D eigenvalue weighted by molar-refractivity contribution is 0.0377. The summed E-state index contributed by atoms with van der Waals surface area (Å²) in [4.78, 5) is 0. The Bertz CT molecular complexity index is 190. The normalized spacial score (nSPS) is 45.2. The van der Waals surface area contributed by atoms with Crippen LogP contribution in [0, 0.1) is 11.8 Å². The molecule has 4 atom stereocenters. The molecule has 68 valence electrons. The Hall–Kier alpha value is -0.380. The summed E-state index contributed by atoms with van der Waals surface area (Å²) in [6.45, 7) is 0.227. The molecule has 0 spiro atoms. The number of hydrogen-bond acceptors (Lipinski definition) is 3. The lowest BCUT2D eigenvalue weighted by atomic mass is 9.89. The predicted octanol–water partition coefficient (Wildman–Crippen LogP) is -0.0693. The molecule has 12 heavy (non-hydrogen) atoms. The Morgan fingerprint density at radius 1 is 1.25 bits per heavy atom. The minimum absolute atomic E-state index is 0.0332. The van der Waals surface area contributed by atoms with Crippen molar-refractivity contribution in [1.82, 2.24) is 0 Å². The van der Waals surface area contributed by atoms with Gasteiger partial charge in [0.15, 0.2) is 0 Å². The van der Waals surface area contributed by atoms with E-state index in [-0.39, 0.29) is 37.3 Å². The van der Waals surface area contributed by atoms with Gasteiger partial charge in [-0.05, 0) is 6.42 Å². The van der Waals surface area contributed by atoms with Crippen LogP contribution in [0.5, 0.6) is 0 Å². The van der Waals surface area contributed by atoms with Crippen molar-refractivity contribution in [1.29, 1.82) is 0 Å². The molecule has 3 heteroatoms. The van der Waals surface area contributed by atoms with Crippen LogP contribution in [-0.4, -0.2) is 35.6 Å². The van der Waals surface area contributed by atoms with Gasteiger partial charge in [0.25, 0.3) is 0 Å². The molecule has 1 fully saturated rings. The van der Waals surface area contributed by atoms with Crippen molar-refractivity contribution < 1.29 is 14.9 Å². The van der Waals surface area contributed by atoms with Crippen molar-refractivity contribution >= 4 is 0 Å². The lowest BCUT2D eigenvalue weighted by Crippen LogP contribution is -2.26. The Kier molecular flexibility index (Phi) is 2.17. The second kappa shape index (κ2) is 3.17. The molecular formula is C9H14O3. The van der Waals surface area contributed by atoms with Crippen molar-refractivity contribution in [3.05, 3.63) is 12.2 Å². The van der Waals surface area contributed by atoms with E-state index >= 15 is 0 Å². The Morgan fingerprint density at radius 3 is 2.67 bits per heavy atom. The smallest absolute Gasteiger partial charge is 0.0814 e. The van der Waals surface area contributed by atoms with Crippen LogP contribution in [-0.2, 0) is 4.74 Å². The maximum atomic E-state index is 9.10. The number of fused-ring (bicyclic) bond motifs is 2. The van der Waals surface area contributed by atoms with Gasteiger partial charge in [0.05, 0.1) is 12.2 Å². The zero-order valence-electron chi connectivity index (χ0n) is 6.89. The molecule has 0 radical (unpaired) electrons. The SMILES string of the molecule is OCC1C2C=CCC(O2)C1CO. The molecular weight excluding hydrogens is 156 g/mol. The van der Waals surface area contributed by atoms with Crippen LogP contribution >= 0.6 is 0 Å². The molecule has 4 unspecified atom stereocenters. The van der Waals surface area contributed by atoms with E-state index < -0.39 is 0 Å². The quantitative estimate of drug-likeness (QED) is 0.570. The fraction of sp³-hybridized carbons (Fsp3) is 0.778. The van der Waals surface area contributed by atoms with E-state index in [1.165, 1.54) is 0 Å². The van der Waals surface area contributed by atoms with Crippen LogP contribution in [0.25, 0.3) is 0 Å². The Morgan fingerprint density at radius 2 is 2.00 bits per heavy atom. The fourth-order valence-electron chi connectivity index (χ4n) is 2.18. The van der Waals surface area contributed by atoms with Gasteiger partial charge in [-0.1, -0.05) is 12.2 Å². The molecule has 0 aromatic rings. The topological polar surface area (TPSA) is 49.7 Å². The van der Waals surface area contributed by atoms with E-state index in [2.05, 4.69) is 6.08 Å². The number of aliphatic hydroxyl groups is 2. The highest BCUT2D eigenvalue weighted by atomic mass is 16.5. The highest BCUT2D eigenvalue weighted by Crippen LogP contribution is 2.37. The minimum atomic E-state index is 0.0332. The van der Waals surface area contributed by atoms with E-state index in [0.717, 1.165) is 6.42 Å². The number of rotatable bonds is 2. The first-order valence-electron chi connectivity index (χ1n) is 4.40. The van der Waals surface area contributed by atoms with Gasteiger partial charge in [-0.2, -0.15) is 0 Å². The summed E-state index contributed by atoms with van der Waals surface area (Å²) >= 11 is 0. The maximum Gasteiger partial charge on any atom is 0.0814 e. The average Bonchev–Trinajstić information content (AvgIpc) is 2.36. The van der Waals surface area contributed by atoms with Crippen LogP contribution < -0.4 is 0 Å². The van der Waals surface area contributed by atoms with Gasteiger partial charge in [-0.3, -0.25) is 0 Å². The van der Waals surface area contributed by atoms with E-state index in [9.17, 15) is 0 Å². The van der Waals surface area contributed by atoms with Gasteiger partial charge in [0.1, 0.15) is 0 Å². The zero-order valence-corrected chi connectivity index (χ0v) is 6.89. The van der Waals surface area contributed by atoms with Gasteiger partial charge in [-0.25, -0.2) is 0 Å². The van der Waals surface area contributed by atoms with E-state index in [1.54, 1.807) is 0 Å². The lowest BCUT2D eigenvalue weighted by Gasteiger charge is -2.17. The van der Waals surface area contributed by atoms with Crippen molar-refractivity contribution in [2.75, 3.05) is 13.2 Å². The molecule has 2 aliphatic rings. The summed E-state index contributed by atoms with van der Waals surface area (Å²) in [5.41, 5.74) is 0. The van der Waals surface area contributed by atoms with Gasteiger partial charge >= 0.3 is 0 Å². The molecule has 1 saturated heterocycles. The molecule has 2 aliphatic heterocycles. The molecule has 0 aliphatic carbocycles. The average molecular weight is 170 g/mol. The van der Waals surface area contributed by atoms with Crippen LogP contribution in [0.2, 0.25) is 0 Å². The molecule has 3 nitrogen and oxygen atoms in total. The molecule has 2 bridgehead atoms. The summed E-state index contributed by atoms with van der Waals surface area (Å²) in [5.74, 6) is 0.216. The molecule has 0 saturated carbocycles. The van der Waals surface area contributed by atoms with E-state index in [1.807, 2.05) is 6.08 Å². The fourth-order valence-corrected chi connectivity index (χ4v) is 2.18. The number of ether oxygens (including phenoxy) is 1. The van der Waals surface area contributed by atoms with Gasteiger partial charge in [-0.15, -0.1) is 0 Å². The molecule has 0 aromatic carbocycles. The Labute approximate surface area is 71.7 Å². The highest BCUT2D eigenvalue weighted by Gasteiger charge is 2.43. The summed E-state index contributed by atoms with van der Waals surface area (Å²) < 4.78 is 5.60. The van der Waals surface area contributed by atoms with Crippen LogP contribution in [0.1, 0.15) is 6.42 Å². The molecule has 0 aromatic heterocycles. The second-order valence-electron chi connectivity index (χ2n) is 3.50. The van der Waals surface area contributed by atoms with Crippen LogP contribution in [0.15, 0.2) is 12.2 Å². The first-order valence-corrected chi connectivity index (χ1v) is 4.40.